The van der Waals surface area contributed by atoms with Crippen LogP contribution >= 0.6 is 15.9 Å². The summed E-state index contributed by atoms with van der Waals surface area (Å²) in [6.07, 6.45) is 3.39. The first kappa shape index (κ1) is 13.0. The van der Waals surface area contributed by atoms with Gasteiger partial charge in [0.15, 0.2) is 5.82 Å². The summed E-state index contributed by atoms with van der Waals surface area (Å²) in [6.45, 7) is 2.26. The van der Waals surface area contributed by atoms with Gasteiger partial charge in [-0.15, -0.1) is 0 Å². The number of ether oxygens (including phenoxy) is 1. The molecule has 0 bridgehead atoms. The molecule has 94 valence electrons. The Morgan fingerprint density at radius 2 is 2.06 bits per heavy atom. The van der Waals surface area contributed by atoms with E-state index >= 15 is 0 Å². The van der Waals surface area contributed by atoms with Gasteiger partial charge < -0.3 is 10.5 Å². The maximum absolute atomic E-state index is 5.91. The molecule has 18 heavy (non-hydrogen) atoms. The van der Waals surface area contributed by atoms with Gasteiger partial charge in [0.25, 0.3) is 0 Å². The summed E-state index contributed by atoms with van der Waals surface area (Å²) < 4.78 is 6.68. The molecule has 2 rings (SSSR count). The summed E-state index contributed by atoms with van der Waals surface area (Å²) in [7, 11) is 0. The van der Waals surface area contributed by atoms with Crippen molar-refractivity contribution in [3.8, 4) is 5.75 Å². The highest BCUT2D eigenvalue weighted by Gasteiger charge is 2.09. The van der Waals surface area contributed by atoms with Crippen LogP contribution in [0.5, 0.6) is 5.75 Å². The highest BCUT2D eigenvalue weighted by molar-refractivity contribution is 9.10. The molecule has 1 aromatic heterocycles. The summed E-state index contributed by atoms with van der Waals surface area (Å²) in [4.78, 5) is 8.22. The van der Waals surface area contributed by atoms with Crippen LogP contribution in [0.1, 0.15) is 24.4 Å². The van der Waals surface area contributed by atoms with Gasteiger partial charge in [0, 0.05) is 28.5 Å². The molecule has 0 amide bonds. The average Bonchev–Trinajstić information content (AvgIpc) is 2.37. The van der Waals surface area contributed by atoms with Crippen molar-refractivity contribution in [1.82, 2.24) is 9.97 Å². The summed E-state index contributed by atoms with van der Waals surface area (Å²) in [5.41, 5.74) is 6.87. The predicted molar refractivity (Wildman–Crippen MR) is 73.1 cm³/mol. The fourth-order valence-corrected chi connectivity index (χ4v) is 1.90. The lowest BCUT2D eigenvalue weighted by molar-refractivity contribution is 0.291. The van der Waals surface area contributed by atoms with Crippen LogP contribution in [0, 0.1) is 0 Å². The quantitative estimate of drug-likeness (QED) is 0.943. The van der Waals surface area contributed by atoms with Gasteiger partial charge in [-0.2, -0.15) is 0 Å². The minimum Gasteiger partial charge on any atom is -0.485 e. The van der Waals surface area contributed by atoms with Crippen molar-refractivity contribution in [2.45, 2.75) is 19.6 Å². The second kappa shape index (κ2) is 5.93. The van der Waals surface area contributed by atoms with E-state index in [9.17, 15) is 0 Å². The molecule has 0 spiro atoms. The average molecular weight is 308 g/mol. The van der Waals surface area contributed by atoms with E-state index in [0.717, 1.165) is 15.8 Å². The molecule has 0 aliphatic heterocycles. The first-order valence-electron chi connectivity index (χ1n) is 5.60. The van der Waals surface area contributed by atoms with Gasteiger partial charge in [0.05, 0.1) is 0 Å². The summed E-state index contributed by atoms with van der Waals surface area (Å²) >= 11 is 3.42. The zero-order valence-corrected chi connectivity index (χ0v) is 11.6. The molecule has 0 aliphatic rings. The normalized spacial score (nSPS) is 12.2. The third-order valence-electron chi connectivity index (χ3n) is 2.44. The molecular weight excluding hydrogens is 294 g/mol. The first-order valence-corrected chi connectivity index (χ1v) is 6.40. The van der Waals surface area contributed by atoms with E-state index in [1.807, 2.05) is 25.1 Å². The van der Waals surface area contributed by atoms with Gasteiger partial charge in [-0.25, -0.2) is 9.97 Å². The van der Waals surface area contributed by atoms with E-state index in [2.05, 4.69) is 25.9 Å². The number of hydrogen-bond acceptors (Lipinski definition) is 4. The Kier molecular flexibility index (Phi) is 4.28. The predicted octanol–water partition coefficient (Wildman–Crippen LogP) is 2.84. The van der Waals surface area contributed by atoms with Crippen molar-refractivity contribution in [1.29, 1.82) is 0 Å². The maximum Gasteiger partial charge on any atom is 0.166 e. The Balaban J connectivity index is 2.15. The molecule has 4 nitrogen and oxygen atoms in total. The Hall–Kier alpha value is -1.46. The smallest absolute Gasteiger partial charge is 0.166 e. The SMILES string of the molecule is CC(N)c1ccc(Br)cc1OCc1ncccn1. The molecule has 0 aliphatic carbocycles. The number of nitrogens with zero attached hydrogens (tertiary/aromatic N) is 2. The van der Waals surface area contributed by atoms with Crippen LogP contribution in [-0.2, 0) is 6.61 Å². The van der Waals surface area contributed by atoms with Crippen LogP contribution in [0.15, 0.2) is 41.1 Å². The highest BCUT2D eigenvalue weighted by Crippen LogP contribution is 2.28. The lowest BCUT2D eigenvalue weighted by Gasteiger charge is -2.13. The lowest BCUT2D eigenvalue weighted by Crippen LogP contribution is -2.09. The highest BCUT2D eigenvalue weighted by atomic mass is 79.9. The third kappa shape index (κ3) is 3.27. The van der Waals surface area contributed by atoms with Crippen LogP contribution in [0.3, 0.4) is 0 Å². The molecule has 0 saturated heterocycles. The molecule has 2 N–H and O–H groups in total. The van der Waals surface area contributed by atoms with Gasteiger partial charge in [0.2, 0.25) is 0 Å². The van der Waals surface area contributed by atoms with Crippen molar-refractivity contribution < 1.29 is 4.74 Å². The van der Waals surface area contributed by atoms with Crippen molar-refractivity contribution in [2.24, 2.45) is 5.73 Å². The van der Waals surface area contributed by atoms with Crippen LogP contribution in [0.25, 0.3) is 0 Å². The molecule has 0 radical (unpaired) electrons. The molecule has 1 unspecified atom stereocenters. The largest absolute Gasteiger partial charge is 0.485 e. The summed E-state index contributed by atoms with van der Waals surface area (Å²) in [5.74, 6) is 1.40. The van der Waals surface area contributed by atoms with Gasteiger partial charge >= 0.3 is 0 Å². The van der Waals surface area contributed by atoms with Crippen molar-refractivity contribution in [2.75, 3.05) is 0 Å². The van der Waals surface area contributed by atoms with Crippen LogP contribution in [-0.4, -0.2) is 9.97 Å². The molecule has 2 aromatic rings. The number of halogens is 1. The maximum atomic E-state index is 5.91. The van der Waals surface area contributed by atoms with Crippen LogP contribution in [0.2, 0.25) is 0 Å². The van der Waals surface area contributed by atoms with Gasteiger partial charge in [0.1, 0.15) is 12.4 Å². The molecular formula is C13H14BrN3O. The Morgan fingerprint density at radius 1 is 1.33 bits per heavy atom. The van der Waals surface area contributed by atoms with E-state index < -0.39 is 0 Å². The number of nitrogens with two attached hydrogens (primary N) is 1. The number of aromatic nitrogens is 2. The van der Waals surface area contributed by atoms with Crippen LogP contribution < -0.4 is 10.5 Å². The van der Waals surface area contributed by atoms with Crippen molar-refractivity contribution >= 4 is 15.9 Å². The van der Waals surface area contributed by atoms with Gasteiger partial charge in [-0.05, 0) is 25.1 Å². The Morgan fingerprint density at radius 3 is 2.72 bits per heavy atom. The number of benzene rings is 1. The van der Waals surface area contributed by atoms with Crippen molar-refractivity contribution in [3.05, 3.63) is 52.5 Å². The monoisotopic (exact) mass is 307 g/mol. The molecule has 1 heterocycles. The van der Waals surface area contributed by atoms with E-state index in [-0.39, 0.29) is 6.04 Å². The Labute approximate surface area is 114 Å². The molecule has 0 fully saturated rings. The second-order valence-electron chi connectivity index (χ2n) is 3.92. The van der Waals surface area contributed by atoms with E-state index in [1.54, 1.807) is 18.5 Å². The standard InChI is InChI=1S/C13H14BrN3O/c1-9(15)11-4-3-10(14)7-12(11)18-8-13-16-5-2-6-17-13/h2-7,9H,8,15H2,1H3. The fraction of sp³-hybridized carbons (Fsp3) is 0.231. The number of hydrogen-bond donors (Lipinski definition) is 1. The molecule has 0 saturated carbocycles. The molecule has 1 aromatic carbocycles. The second-order valence-corrected chi connectivity index (χ2v) is 4.84. The van der Waals surface area contributed by atoms with E-state index in [4.69, 9.17) is 10.5 Å². The fourth-order valence-electron chi connectivity index (χ4n) is 1.56. The zero-order valence-electron chi connectivity index (χ0n) is 10.0. The minimum absolute atomic E-state index is 0.0789. The Bertz CT molecular complexity index is 517. The lowest BCUT2D eigenvalue weighted by atomic mass is 10.1. The minimum atomic E-state index is -0.0789. The zero-order chi connectivity index (χ0) is 13.0. The van der Waals surface area contributed by atoms with Crippen LogP contribution in [0.4, 0.5) is 0 Å². The number of rotatable bonds is 4. The molecule has 5 heteroatoms. The van der Waals surface area contributed by atoms with Gasteiger partial charge in [-0.3, -0.25) is 0 Å². The summed E-state index contributed by atoms with van der Waals surface area (Å²) in [5, 5.41) is 0. The van der Waals surface area contributed by atoms with Crippen molar-refractivity contribution in [3.63, 3.8) is 0 Å². The first-order chi connectivity index (χ1) is 8.66. The van der Waals surface area contributed by atoms with Gasteiger partial charge in [-0.1, -0.05) is 22.0 Å². The van der Waals surface area contributed by atoms with E-state index in [0.29, 0.717) is 12.4 Å². The third-order valence-corrected chi connectivity index (χ3v) is 2.94. The topological polar surface area (TPSA) is 61.0 Å². The molecule has 1 atom stereocenters. The van der Waals surface area contributed by atoms with E-state index in [1.165, 1.54) is 0 Å². The summed E-state index contributed by atoms with van der Waals surface area (Å²) in [6, 6.07) is 7.50.